The zero-order valence-corrected chi connectivity index (χ0v) is 11.8. The topological polar surface area (TPSA) is 33.7 Å². The number of benzene rings is 1. The van der Waals surface area contributed by atoms with Crippen LogP contribution in [0.25, 0.3) is 0 Å². The van der Waals surface area contributed by atoms with Crippen LogP contribution in [0.1, 0.15) is 19.3 Å². The Hall–Kier alpha value is -1.42. The molecule has 0 aromatic heterocycles. The Morgan fingerprint density at radius 2 is 1.95 bits per heavy atom. The lowest BCUT2D eigenvalue weighted by Crippen LogP contribution is -2.51. The van der Waals surface area contributed by atoms with Crippen molar-refractivity contribution in [2.75, 3.05) is 37.7 Å². The highest BCUT2D eigenvalue weighted by Crippen LogP contribution is 2.37. The van der Waals surface area contributed by atoms with Crippen molar-refractivity contribution in [1.82, 2.24) is 5.32 Å². The molecule has 3 aliphatic rings. The Bertz CT molecular complexity index is 487. The molecule has 0 spiro atoms. The van der Waals surface area contributed by atoms with Crippen LogP contribution in [0.15, 0.2) is 18.2 Å². The summed E-state index contributed by atoms with van der Waals surface area (Å²) in [4.78, 5) is 2.48. The van der Waals surface area contributed by atoms with Crippen LogP contribution in [0.2, 0.25) is 0 Å². The second-order valence-electron chi connectivity index (χ2n) is 6.03. The number of ether oxygens (including phenoxy) is 2. The molecule has 1 aromatic carbocycles. The van der Waals surface area contributed by atoms with Gasteiger partial charge >= 0.3 is 0 Å². The molecule has 1 aliphatic carbocycles. The molecule has 1 aromatic rings. The van der Waals surface area contributed by atoms with Crippen molar-refractivity contribution in [1.29, 1.82) is 0 Å². The van der Waals surface area contributed by atoms with Gasteiger partial charge in [0.15, 0.2) is 11.5 Å². The van der Waals surface area contributed by atoms with E-state index >= 15 is 0 Å². The van der Waals surface area contributed by atoms with Crippen LogP contribution in [0, 0.1) is 5.92 Å². The third-order valence-corrected chi connectivity index (χ3v) is 4.49. The number of anilines is 1. The van der Waals surface area contributed by atoms with E-state index in [2.05, 4.69) is 28.4 Å². The van der Waals surface area contributed by atoms with Crippen molar-refractivity contribution in [2.45, 2.75) is 25.3 Å². The summed E-state index contributed by atoms with van der Waals surface area (Å²) < 4.78 is 11.5. The average molecular weight is 274 g/mol. The maximum atomic E-state index is 5.80. The van der Waals surface area contributed by atoms with E-state index in [1.807, 2.05) is 0 Å². The molecule has 1 unspecified atom stereocenters. The second-order valence-corrected chi connectivity index (χ2v) is 6.03. The van der Waals surface area contributed by atoms with Crippen LogP contribution in [0.3, 0.4) is 0 Å². The summed E-state index contributed by atoms with van der Waals surface area (Å²) in [5.74, 6) is 2.69. The minimum Gasteiger partial charge on any atom is -0.490 e. The first-order valence-corrected chi connectivity index (χ1v) is 7.78. The highest BCUT2D eigenvalue weighted by molar-refractivity contribution is 5.57. The molecule has 2 aliphatic heterocycles. The van der Waals surface area contributed by atoms with Crippen LogP contribution < -0.4 is 19.7 Å². The molecule has 1 atom stereocenters. The normalized spacial score (nSPS) is 26.2. The number of fused-ring (bicyclic) bond motifs is 1. The first-order valence-electron chi connectivity index (χ1n) is 7.78. The fourth-order valence-corrected chi connectivity index (χ4v) is 3.18. The van der Waals surface area contributed by atoms with E-state index in [1.165, 1.54) is 18.5 Å². The molecule has 2 fully saturated rings. The van der Waals surface area contributed by atoms with Crippen LogP contribution in [-0.2, 0) is 0 Å². The molecule has 0 bridgehead atoms. The molecule has 4 rings (SSSR count). The maximum Gasteiger partial charge on any atom is 0.163 e. The fraction of sp³-hybridized carbons (Fsp3) is 0.625. The van der Waals surface area contributed by atoms with Gasteiger partial charge in [0.25, 0.3) is 0 Å². The largest absolute Gasteiger partial charge is 0.490 e. The Labute approximate surface area is 120 Å². The van der Waals surface area contributed by atoms with Gasteiger partial charge in [-0.25, -0.2) is 0 Å². The number of hydrogen-bond donors (Lipinski definition) is 1. The van der Waals surface area contributed by atoms with E-state index in [9.17, 15) is 0 Å². The smallest absolute Gasteiger partial charge is 0.163 e. The number of nitrogens with zero attached hydrogens (tertiary/aromatic N) is 1. The summed E-state index contributed by atoms with van der Waals surface area (Å²) in [5, 5.41) is 3.66. The lowest BCUT2D eigenvalue weighted by molar-refractivity contribution is 0.297. The van der Waals surface area contributed by atoms with Gasteiger partial charge in [-0.15, -0.1) is 0 Å². The molecule has 1 saturated carbocycles. The zero-order chi connectivity index (χ0) is 13.4. The molecule has 20 heavy (non-hydrogen) atoms. The average Bonchev–Trinajstić information content (AvgIpc) is 3.33. The third-order valence-electron chi connectivity index (χ3n) is 4.49. The minimum absolute atomic E-state index is 0.666. The van der Waals surface area contributed by atoms with Gasteiger partial charge in [-0.3, -0.25) is 0 Å². The lowest BCUT2D eigenvalue weighted by atomic mass is 10.1. The van der Waals surface area contributed by atoms with Crippen LogP contribution in [0.5, 0.6) is 11.5 Å². The Morgan fingerprint density at radius 3 is 2.80 bits per heavy atom. The molecule has 1 N–H and O–H groups in total. The van der Waals surface area contributed by atoms with E-state index < -0.39 is 0 Å². The number of rotatable bonds is 2. The number of piperazine rings is 1. The van der Waals surface area contributed by atoms with Gasteiger partial charge < -0.3 is 19.7 Å². The van der Waals surface area contributed by atoms with Crippen LogP contribution in [-0.4, -0.2) is 38.9 Å². The number of nitrogens with one attached hydrogen (secondary N) is 1. The molecule has 4 nitrogen and oxygen atoms in total. The predicted molar refractivity (Wildman–Crippen MR) is 78.8 cm³/mol. The predicted octanol–water partition coefficient (Wildman–Crippen LogP) is 2.04. The summed E-state index contributed by atoms with van der Waals surface area (Å²) in [6.07, 6.45) is 3.75. The summed E-state index contributed by atoms with van der Waals surface area (Å²) in [6.45, 7) is 4.77. The molecule has 1 saturated heterocycles. The van der Waals surface area contributed by atoms with Crippen molar-refractivity contribution < 1.29 is 9.47 Å². The molecule has 2 heterocycles. The van der Waals surface area contributed by atoms with Gasteiger partial charge in [0.05, 0.1) is 13.2 Å². The molecular weight excluding hydrogens is 252 g/mol. The first kappa shape index (κ1) is 12.3. The van der Waals surface area contributed by atoms with Gasteiger partial charge in [0, 0.05) is 43.9 Å². The van der Waals surface area contributed by atoms with Crippen molar-refractivity contribution in [2.24, 2.45) is 5.92 Å². The molecule has 0 radical (unpaired) electrons. The third kappa shape index (κ3) is 2.44. The summed E-state index contributed by atoms with van der Waals surface area (Å²) in [5.41, 5.74) is 1.27. The lowest BCUT2D eigenvalue weighted by Gasteiger charge is -2.35. The van der Waals surface area contributed by atoms with Crippen molar-refractivity contribution in [3.63, 3.8) is 0 Å². The molecule has 4 heteroatoms. The minimum atomic E-state index is 0.666. The Morgan fingerprint density at radius 1 is 1.10 bits per heavy atom. The van der Waals surface area contributed by atoms with E-state index in [0.29, 0.717) is 6.04 Å². The fourth-order valence-electron chi connectivity index (χ4n) is 3.18. The number of hydrogen-bond acceptors (Lipinski definition) is 4. The zero-order valence-electron chi connectivity index (χ0n) is 11.8. The highest BCUT2D eigenvalue weighted by atomic mass is 16.5. The molecule has 108 valence electrons. The maximum absolute atomic E-state index is 5.80. The van der Waals surface area contributed by atoms with Gasteiger partial charge in [-0.05, 0) is 30.9 Å². The first-order chi connectivity index (χ1) is 9.90. The van der Waals surface area contributed by atoms with Crippen molar-refractivity contribution in [3.05, 3.63) is 18.2 Å². The van der Waals surface area contributed by atoms with Gasteiger partial charge in [-0.2, -0.15) is 0 Å². The van der Waals surface area contributed by atoms with Crippen LogP contribution in [0.4, 0.5) is 5.69 Å². The quantitative estimate of drug-likeness (QED) is 0.895. The van der Waals surface area contributed by atoms with E-state index in [-0.39, 0.29) is 0 Å². The van der Waals surface area contributed by atoms with Crippen molar-refractivity contribution >= 4 is 5.69 Å². The summed E-state index contributed by atoms with van der Waals surface area (Å²) in [6, 6.07) is 7.04. The van der Waals surface area contributed by atoms with Gasteiger partial charge in [-0.1, -0.05) is 0 Å². The Balaban J connectivity index is 1.53. The SMILES string of the molecule is c1cc2c(cc1N1CCNC(C3CC3)C1)OCCCO2. The van der Waals surface area contributed by atoms with Crippen molar-refractivity contribution in [3.8, 4) is 11.5 Å². The molecule has 0 amide bonds. The van der Waals surface area contributed by atoms with Gasteiger partial charge in [0.2, 0.25) is 0 Å². The summed E-state index contributed by atoms with van der Waals surface area (Å²) in [7, 11) is 0. The second kappa shape index (κ2) is 5.17. The Kier molecular flexibility index (Phi) is 3.19. The standard InChI is InChI=1S/C16H22N2O2/c1-8-19-15-5-4-13(10-16(15)20-9-1)18-7-6-17-14(11-18)12-2-3-12/h4-5,10,12,14,17H,1-3,6-9,11H2. The van der Waals surface area contributed by atoms with E-state index in [4.69, 9.17) is 9.47 Å². The highest BCUT2D eigenvalue weighted by Gasteiger charge is 2.34. The summed E-state index contributed by atoms with van der Waals surface area (Å²) >= 11 is 0. The van der Waals surface area contributed by atoms with E-state index in [0.717, 1.165) is 56.7 Å². The van der Waals surface area contributed by atoms with E-state index in [1.54, 1.807) is 0 Å². The molecular formula is C16H22N2O2. The monoisotopic (exact) mass is 274 g/mol. The van der Waals surface area contributed by atoms with Crippen LogP contribution >= 0.6 is 0 Å². The van der Waals surface area contributed by atoms with Gasteiger partial charge in [0.1, 0.15) is 0 Å².